The second kappa shape index (κ2) is 11.1. The lowest BCUT2D eigenvalue weighted by atomic mass is 9.89. The molecule has 4 aromatic rings. The minimum absolute atomic E-state index is 0.284. The second-order valence-electron chi connectivity index (χ2n) is 10.5. The minimum atomic E-state index is -0.302. The largest absolute Gasteiger partial charge is 0.287 e. The van der Waals surface area contributed by atoms with Crippen molar-refractivity contribution in [2.75, 3.05) is 14.1 Å². The zero-order valence-corrected chi connectivity index (χ0v) is 22.6. The molecule has 38 heavy (non-hydrogen) atoms. The summed E-state index contributed by atoms with van der Waals surface area (Å²) in [5.41, 5.74) is 4.23. The van der Waals surface area contributed by atoms with Crippen molar-refractivity contribution in [3.63, 3.8) is 0 Å². The molecule has 0 amide bonds. The molecule has 2 aromatic heterocycles. The van der Waals surface area contributed by atoms with Crippen LogP contribution >= 0.6 is 0 Å². The smallest absolute Gasteiger partial charge is 0.115 e. The van der Waals surface area contributed by atoms with Crippen molar-refractivity contribution in [1.29, 1.82) is 0 Å². The van der Waals surface area contributed by atoms with E-state index in [0.717, 1.165) is 24.0 Å². The Hall–Kier alpha value is -3.42. The third kappa shape index (κ3) is 5.54. The van der Waals surface area contributed by atoms with Gasteiger partial charge >= 0.3 is 0 Å². The first kappa shape index (κ1) is 26.2. The maximum absolute atomic E-state index is 6.10. The van der Waals surface area contributed by atoms with Crippen LogP contribution in [0.2, 0.25) is 0 Å². The summed E-state index contributed by atoms with van der Waals surface area (Å²) in [7, 11) is 4.00. The lowest BCUT2D eigenvalue weighted by Gasteiger charge is -2.23. The number of pyridine rings is 2. The Morgan fingerprint density at radius 2 is 1.00 bits per heavy atom. The molecule has 0 aliphatic carbocycles. The summed E-state index contributed by atoms with van der Waals surface area (Å²) in [5, 5.41) is 3.92. The average Bonchev–Trinajstić information content (AvgIpc) is 3.46. The van der Waals surface area contributed by atoms with E-state index in [0.29, 0.717) is 0 Å². The first-order chi connectivity index (χ1) is 18.4. The van der Waals surface area contributed by atoms with Gasteiger partial charge in [0, 0.05) is 62.9 Å². The highest BCUT2D eigenvalue weighted by Crippen LogP contribution is 2.45. The predicted octanol–water partition coefficient (Wildman–Crippen LogP) is 6.61. The number of rotatable bonds is 4. The Bertz CT molecular complexity index is 1190. The van der Waals surface area contributed by atoms with Gasteiger partial charge in [0.25, 0.3) is 0 Å². The van der Waals surface area contributed by atoms with E-state index in [2.05, 4.69) is 84.5 Å². The molecule has 2 aliphatic heterocycles. The number of hydrogen-bond acceptors (Lipinski definition) is 6. The van der Waals surface area contributed by atoms with E-state index in [-0.39, 0.29) is 23.3 Å². The Kier molecular flexibility index (Phi) is 7.68. The summed E-state index contributed by atoms with van der Waals surface area (Å²) in [5.74, 6) is 0. The van der Waals surface area contributed by atoms with Gasteiger partial charge in [0.2, 0.25) is 0 Å². The molecule has 2 aromatic carbocycles. The normalized spacial score (nSPS) is 27.6. The van der Waals surface area contributed by atoms with Crippen molar-refractivity contribution in [3.05, 3.63) is 132 Å². The molecule has 6 heteroatoms. The van der Waals surface area contributed by atoms with Crippen LogP contribution in [-0.4, -0.2) is 34.2 Å². The van der Waals surface area contributed by atoms with Crippen molar-refractivity contribution < 1.29 is 9.68 Å². The summed E-state index contributed by atoms with van der Waals surface area (Å²) in [6.07, 6.45) is 9.22. The maximum Gasteiger partial charge on any atom is 0.115 e. The van der Waals surface area contributed by atoms with Gasteiger partial charge in [0.15, 0.2) is 0 Å². The van der Waals surface area contributed by atoms with Crippen LogP contribution in [0, 0.1) is 0 Å². The van der Waals surface area contributed by atoms with E-state index in [1.807, 2.05) is 60.9 Å². The lowest BCUT2D eigenvalue weighted by molar-refractivity contribution is -0.188. The zero-order valence-electron chi connectivity index (χ0n) is 22.6. The molecule has 0 spiro atoms. The quantitative estimate of drug-likeness (QED) is 0.309. The zero-order chi connectivity index (χ0) is 26.6. The Morgan fingerprint density at radius 3 is 1.34 bits per heavy atom. The number of nitrogens with zero attached hydrogens (tertiary/aromatic N) is 4. The van der Waals surface area contributed by atoms with Gasteiger partial charge in [-0.25, -0.2) is 0 Å². The van der Waals surface area contributed by atoms with E-state index in [4.69, 9.17) is 9.68 Å². The van der Waals surface area contributed by atoms with Crippen molar-refractivity contribution in [2.24, 2.45) is 0 Å². The van der Waals surface area contributed by atoms with Crippen LogP contribution in [-0.2, 0) is 20.9 Å². The van der Waals surface area contributed by atoms with E-state index >= 15 is 0 Å². The Morgan fingerprint density at radius 1 is 0.605 bits per heavy atom. The molecule has 2 aliphatic rings. The van der Waals surface area contributed by atoms with Crippen molar-refractivity contribution in [1.82, 2.24) is 20.1 Å². The molecule has 0 N–H and O–H groups in total. The maximum atomic E-state index is 6.10. The Balaban J connectivity index is 0.000000155. The first-order valence-corrected chi connectivity index (χ1v) is 13.1. The van der Waals surface area contributed by atoms with Crippen molar-refractivity contribution in [2.45, 2.75) is 50.0 Å². The molecule has 4 heterocycles. The van der Waals surface area contributed by atoms with Gasteiger partial charge in [-0.2, -0.15) is 10.1 Å². The highest BCUT2D eigenvalue weighted by Gasteiger charge is 2.43. The number of hydroxylamine groups is 4. The summed E-state index contributed by atoms with van der Waals surface area (Å²) in [6.45, 7) is 4.26. The van der Waals surface area contributed by atoms with Crippen LogP contribution in [0.15, 0.2) is 110 Å². The number of hydrogen-bond donors (Lipinski definition) is 0. The van der Waals surface area contributed by atoms with Gasteiger partial charge in [-0.3, -0.25) is 19.6 Å². The first-order valence-electron chi connectivity index (χ1n) is 13.1. The fourth-order valence-corrected chi connectivity index (χ4v) is 5.53. The second-order valence-corrected chi connectivity index (χ2v) is 10.5. The fraction of sp³-hybridized carbons (Fsp3) is 0.312. The van der Waals surface area contributed by atoms with E-state index in [1.54, 1.807) is 12.4 Å². The molecule has 6 rings (SSSR count). The highest BCUT2D eigenvalue weighted by atomic mass is 16.7. The van der Waals surface area contributed by atoms with Gasteiger partial charge in [0.05, 0.1) is 12.1 Å². The van der Waals surface area contributed by atoms with Gasteiger partial charge < -0.3 is 0 Å². The van der Waals surface area contributed by atoms with Crippen molar-refractivity contribution in [3.8, 4) is 0 Å². The molecule has 196 valence electrons. The summed E-state index contributed by atoms with van der Waals surface area (Å²) < 4.78 is 0. The summed E-state index contributed by atoms with van der Waals surface area (Å²) >= 11 is 0. The average molecular weight is 509 g/mol. The predicted molar refractivity (Wildman–Crippen MR) is 148 cm³/mol. The molecule has 2 fully saturated rings. The molecule has 0 radical (unpaired) electrons. The molecule has 0 saturated carbocycles. The van der Waals surface area contributed by atoms with Crippen LogP contribution in [0.3, 0.4) is 0 Å². The van der Waals surface area contributed by atoms with E-state index in [1.165, 1.54) is 11.1 Å². The standard InChI is InChI=1S/2C16H18N2O/c2*1-16(14-9-6-10-17-12-14)11-15(18(2)19-16)13-7-4-3-5-8-13/h2*3-10,12,15H,11H2,1-2H3/t2*15-,16-/m10/s1. The van der Waals surface area contributed by atoms with E-state index < -0.39 is 0 Å². The highest BCUT2D eigenvalue weighted by molar-refractivity contribution is 5.26. The fourth-order valence-electron chi connectivity index (χ4n) is 5.53. The van der Waals surface area contributed by atoms with Crippen LogP contribution in [0.4, 0.5) is 0 Å². The molecule has 0 bridgehead atoms. The topological polar surface area (TPSA) is 50.7 Å². The molecular formula is C32H36N4O2. The third-order valence-electron chi connectivity index (χ3n) is 7.65. The number of benzene rings is 2. The molecule has 0 unspecified atom stereocenters. The monoisotopic (exact) mass is 508 g/mol. The van der Waals surface area contributed by atoms with Gasteiger partial charge in [-0.05, 0) is 37.1 Å². The van der Waals surface area contributed by atoms with Crippen LogP contribution in [0.5, 0.6) is 0 Å². The third-order valence-corrected chi connectivity index (χ3v) is 7.65. The SMILES string of the molecule is CN1O[C@@](C)(c2cccnc2)C[C@@H]1c1ccccc1.CN1O[C@](C)(c2cccnc2)C[C@H]1c1ccccc1. The minimum Gasteiger partial charge on any atom is -0.287 e. The number of aromatic nitrogens is 2. The molecular weight excluding hydrogens is 472 g/mol. The van der Waals surface area contributed by atoms with Crippen LogP contribution in [0.25, 0.3) is 0 Å². The van der Waals surface area contributed by atoms with Crippen molar-refractivity contribution >= 4 is 0 Å². The van der Waals surface area contributed by atoms with Gasteiger partial charge in [0.1, 0.15) is 11.2 Å². The molecule has 2 saturated heterocycles. The summed E-state index contributed by atoms with van der Waals surface area (Å²) in [4.78, 5) is 20.6. The van der Waals surface area contributed by atoms with Gasteiger partial charge in [-0.15, -0.1) is 0 Å². The van der Waals surface area contributed by atoms with Crippen LogP contribution in [0.1, 0.15) is 61.0 Å². The summed E-state index contributed by atoms with van der Waals surface area (Å²) in [6, 6.07) is 29.6. The van der Waals surface area contributed by atoms with Crippen LogP contribution < -0.4 is 0 Å². The molecule has 6 nitrogen and oxygen atoms in total. The Labute approximate surface area is 225 Å². The lowest BCUT2D eigenvalue weighted by Crippen LogP contribution is -2.23. The van der Waals surface area contributed by atoms with E-state index in [9.17, 15) is 0 Å². The molecule has 4 atom stereocenters. The van der Waals surface area contributed by atoms with Gasteiger partial charge in [-0.1, -0.05) is 72.8 Å².